The molecule has 1 aromatic heterocycles. The Morgan fingerprint density at radius 2 is 2.15 bits per heavy atom. The van der Waals surface area contributed by atoms with Crippen molar-refractivity contribution in [2.24, 2.45) is 7.05 Å². The quantitative estimate of drug-likeness (QED) is 0.892. The second-order valence-electron chi connectivity index (χ2n) is 7.32. The largest absolute Gasteiger partial charge is 0.372 e. The van der Waals surface area contributed by atoms with Crippen LogP contribution in [-0.4, -0.2) is 35.3 Å². The Labute approximate surface area is 154 Å². The summed E-state index contributed by atoms with van der Waals surface area (Å²) in [5, 5.41) is 3.58. The van der Waals surface area contributed by atoms with Crippen molar-refractivity contribution in [3.8, 4) is 0 Å². The van der Waals surface area contributed by atoms with E-state index in [1.165, 1.54) is 12.8 Å². The van der Waals surface area contributed by atoms with Crippen molar-refractivity contribution in [2.45, 2.75) is 44.4 Å². The van der Waals surface area contributed by atoms with Crippen LogP contribution >= 0.6 is 0 Å². The lowest BCUT2D eigenvalue weighted by atomic mass is 10.0. The molecule has 140 valence electrons. The number of anilines is 1. The monoisotopic (exact) mass is 358 g/mol. The van der Waals surface area contributed by atoms with Gasteiger partial charge in [0.2, 0.25) is 0 Å². The van der Waals surface area contributed by atoms with Crippen LogP contribution in [0.3, 0.4) is 0 Å². The molecule has 2 atom stereocenters. The summed E-state index contributed by atoms with van der Waals surface area (Å²) in [6, 6.07) is 5.75. The van der Waals surface area contributed by atoms with E-state index >= 15 is 0 Å². The Morgan fingerprint density at radius 3 is 2.92 bits per heavy atom. The molecule has 2 aliphatic heterocycles. The first-order valence-corrected chi connectivity index (χ1v) is 9.56. The second kappa shape index (κ2) is 7.76. The van der Waals surface area contributed by atoms with E-state index < -0.39 is 0 Å². The van der Waals surface area contributed by atoms with Crippen LogP contribution in [0.15, 0.2) is 30.7 Å². The van der Waals surface area contributed by atoms with Crippen molar-refractivity contribution in [1.82, 2.24) is 14.9 Å². The molecule has 0 saturated carbocycles. The molecule has 2 aliphatic rings. The van der Waals surface area contributed by atoms with Gasteiger partial charge in [0.25, 0.3) is 0 Å². The Hall–Kier alpha value is -1.92. The fourth-order valence-electron chi connectivity index (χ4n) is 4.09. The third kappa shape index (κ3) is 3.62. The molecule has 0 unspecified atom stereocenters. The fourth-order valence-corrected chi connectivity index (χ4v) is 4.09. The number of nitrogens with one attached hydrogen (secondary N) is 1. The number of aromatic nitrogens is 2. The molecular weight excluding hydrogens is 331 g/mol. The van der Waals surface area contributed by atoms with Crippen LogP contribution in [0.2, 0.25) is 0 Å². The Morgan fingerprint density at radius 1 is 1.31 bits per heavy atom. The van der Waals surface area contributed by atoms with Crippen LogP contribution in [-0.2, 0) is 18.3 Å². The molecule has 0 amide bonds. The minimum atomic E-state index is -0.114. The van der Waals surface area contributed by atoms with Gasteiger partial charge >= 0.3 is 0 Å². The number of ether oxygens (including phenoxy) is 1. The zero-order chi connectivity index (χ0) is 17.9. The highest BCUT2D eigenvalue weighted by molar-refractivity contribution is 5.54. The molecule has 5 nitrogen and oxygen atoms in total. The highest BCUT2D eigenvalue weighted by Crippen LogP contribution is 2.30. The summed E-state index contributed by atoms with van der Waals surface area (Å²) in [7, 11) is 1.99. The Bertz CT molecular complexity index is 741. The van der Waals surface area contributed by atoms with Crippen LogP contribution < -0.4 is 10.2 Å². The van der Waals surface area contributed by atoms with Gasteiger partial charge in [-0.15, -0.1) is 0 Å². The molecule has 0 bridgehead atoms. The third-order valence-electron chi connectivity index (χ3n) is 5.58. The van der Waals surface area contributed by atoms with Crippen molar-refractivity contribution in [3.05, 3.63) is 47.8 Å². The first-order valence-electron chi connectivity index (χ1n) is 9.56. The minimum Gasteiger partial charge on any atom is -0.372 e. The van der Waals surface area contributed by atoms with E-state index in [-0.39, 0.29) is 11.9 Å². The Kier molecular flexibility index (Phi) is 5.22. The first kappa shape index (κ1) is 17.5. The van der Waals surface area contributed by atoms with Crippen molar-refractivity contribution in [1.29, 1.82) is 0 Å². The van der Waals surface area contributed by atoms with E-state index in [2.05, 4.69) is 15.2 Å². The van der Waals surface area contributed by atoms with Gasteiger partial charge in [-0.05, 0) is 37.8 Å². The number of benzene rings is 1. The van der Waals surface area contributed by atoms with Gasteiger partial charge in [-0.1, -0.05) is 6.07 Å². The van der Waals surface area contributed by atoms with Gasteiger partial charge in [0.1, 0.15) is 11.9 Å². The molecule has 2 fully saturated rings. The van der Waals surface area contributed by atoms with Crippen LogP contribution in [0, 0.1) is 5.82 Å². The lowest BCUT2D eigenvalue weighted by Gasteiger charge is -2.31. The van der Waals surface area contributed by atoms with Gasteiger partial charge in [0.05, 0.1) is 18.2 Å². The zero-order valence-electron chi connectivity index (χ0n) is 15.3. The summed E-state index contributed by atoms with van der Waals surface area (Å²) in [5.41, 5.74) is 2.93. The average Bonchev–Trinajstić information content (AvgIpc) is 3.32. The normalized spacial score (nSPS) is 23.5. The van der Waals surface area contributed by atoms with Crippen molar-refractivity contribution < 1.29 is 9.13 Å². The summed E-state index contributed by atoms with van der Waals surface area (Å²) in [6.45, 7) is 3.32. The molecule has 1 aromatic carbocycles. The molecule has 26 heavy (non-hydrogen) atoms. The molecule has 4 rings (SSSR count). The van der Waals surface area contributed by atoms with E-state index in [0.29, 0.717) is 19.2 Å². The lowest BCUT2D eigenvalue weighted by molar-refractivity contribution is -0.00407. The number of nitrogens with zero attached hydrogens (tertiary/aromatic N) is 3. The maximum atomic E-state index is 14.5. The van der Waals surface area contributed by atoms with Crippen molar-refractivity contribution in [2.75, 3.05) is 24.6 Å². The highest BCUT2D eigenvalue weighted by Gasteiger charge is 2.26. The average molecular weight is 358 g/mol. The van der Waals surface area contributed by atoms with Gasteiger partial charge in [0, 0.05) is 50.6 Å². The summed E-state index contributed by atoms with van der Waals surface area (Å²) in [5.74, 6) is -0.114. The van der Waals surface area contributed by atoms with E-state index in [9.17, 15) is 4.39 Å². The van der Waals surface area contributed by atoms with Crippen LogP contribution in [0.1, 0.15) is 43.0 Å². The molecule has 0 spiro atoms. The van der Waals surface area contributed by atoms with Crippen molar-refractivity contribution in [3.63, 3.8) is 0 Å². The molecule has 2 saturated heterocycles. The van der Waals surface area contributed by atoms with Crippen LogP contribution in [0.4, 0.5) is 10.1 Å². The van der Waals surface area contributed by atoms with Gasteiger partial charge in [-0.3, -0.25) is 0 Å². The summed E-state index contributed by atoms with van der Waals surface area (Å²) in [4.78, 5) is 6.50. The summed E-state index contributed by atoms with van der Waals surface area (Å²) in [6.07, 6.45) is 7.93. The van der Waals surface area contributed by atoms with E-state index in [1.807, 2.05) is 29.9 Å². The number of hydrogen-bond donors (Lipinski definition) is 1. The topological polar surface area (TPSA) is 42.3 Å². The number of imidazole rings is 1. The predicted molar refractivity (Wildman–Crippen MR) is 99.6 cm³/mol. The number of hydrogen-bond acceptors (Lipinski definition) is 4. The van der Waals surface area contributed by atoms with Gasteiger partial charge in [0.15, 0.2) is 0 Å². The maximum Gasteiger partial charge on any atom is 0.129 e. The molecule has 1 N–H and O–H groups in total. The molecule has 6 heteroatoms. The van der Waals surface area contributed by atoms with Crippen LogP contribution in [0.5, 0.6) is 0 Å². The highest BCUT2D eigenvalue weighted by atomic mass is 19.1. The fraction of sp³-hybridized carbons (Fsp3) is 0.550. The third-order valence-corrected chi connectivity index (χ3v) is 5.58. The van der Waals surface area contributed by atoms with Crippen molar-refractivity contribution >= 4 is 5.69 Å². The molecule has 3 heterocycles. The SMILES string of the molecule is Cn1cncc1[C@@H]1C[C@@H](NCc2c(F)cccc2N2CCCC2)CCO1. The maximum absolute atomic E-state index is 14.5. The van der Waals surface area contributed by atoms with E-state index in [4.69, 9.17) is 4.74 Å². The Balaban J connectivity index is 1.43. The van der Waals surface area contributed by atoms with Gasteiger partial charge in [-0.2, -0.15) is 0 Å². The number of rotatable bonds is 5. The van der Waals surface area contributed by atoms with Gasteiger partial charge in [-0.25, -0.2) is 9.37 Å². The minimum absolute atomic E-state index is 0.0485. The lowest BCUT2D eigenvalue weighted by Crippen LogP contribution is -2.36. The summed E-state index contributed by atoms with van der Waals surface area (Å²) >= 11 is 0. The standard InChI is InChI=1S/C20H27FN4O/c1-24-14-22-13-19(24)20-11-15(7-10-26-20)23-12-16-17(21)5-4-6-18(16)25-8-2-3-9-25/h4-6,13-15,20,23H,2-3,7-12H2,1H3/t15-,20-/m0/s1. The number of aryl methyl sites for hydroxylation is 1. The molecule has 0 aliphatic carbocycles. The predicted octanol–water partition coefficient (Wildman–Crippen LogP) is 3.17. The molecular formula is C20H27FN4O. The van der Waals surface area contributed by atoms with E-state index in [0.717, 1.165) is 42.9 Å². The van der Waals surface area contributed by atoms with E-state index in [1.54, 1.807) is 12.4 Å². The van der Waals surface area contributed by atoms with Crippen LogP contribution in [0.25, 0.3) is 0 Å². The molecule has 0 radical (unpaired) electrons. The zero-order valence-corrected chi connectivity index (χ0v) is 15.3. The van der Waals surface area contributed by atoms with Gasteiger partial charge < -0.3 is 19.5 Å². The summed E-state index contributed by atoms with van der Waals surface area (Å²) < 4.78 is 22.4. The smallest absolute Gasteiger partial charge is 0.129 e. The molecule has 2 aromatic rings. The first-order chi connectivity index (χ1) is 12.7. The second-order valence-corrected chi connectivity index (χ2v) is 7.32. The number of halogens is 1.